The molecule has 0 fully saturated rings. The molecule has 0 amide bonds. The standard InChI is InChI=1S/C13H15FN4O2/c14-11-3-1-10(2-4-11)5-6-15-7-8-18-9-12(13(19)20)16-17-18/h1-4,9,15H,5-8H2,(H,19,20). The highest BCUT2D eigenvalue weighted by atomic mass is 19.1. The van der Waals surface area contributed by atoms with Crippen molar-refractivity contribution in [2.45, 2.75) is 13.0 Å². The molecular formula is C13H15FN4O2. The number of nitrogens with zero attached hydrogens (tertiary/aromatic N) is 3. The largest absolute Gasteiger partial charge is 0.476 e. The predicted molar refractivity (Wildman–Crippen MR) is 70.0 cm³/mol. The van der Waals surface area contributed by atoms with Crippen LogP contribution < -0.4 is 5.32 Å². The first-order valence-electron chi connectivity index (χ1n) is 6.24. The Morgan fingerprint density at radius 1 is 1.30 bits per heavy atom. The number of hydrogen-bond donors (Lipinski definition) is 2. The molecule has 0 atom stereocenters. The van der Waals surface area contributed by atoms with Crippen molar-refractivity contribution in [3.8, 4) is 0 Å². The molecule has 0 saturated heterocycles. The molecule has 1 aromatic heterocycles. The Morgan fingerprint density at radius 3 is 2.70 bits per heavy atom. The van der Waals surface area contributed by atoms with Crippen LogP contribution in [0.4, 0.5) is 4.39 Å². The van der Waals surface area contributed by atoms with Crippen molar-refractivity contribution in [1.29, 1.82) is 0 Å². The summed E-state index contributed by atoms with van der Waals surface area (Å²) in [6.07, 6.45) is 2.20. The fourth-order valence-electron chi connectivity index (χ4n) is 1.71. The molecule has 1 aromatic carbocycles. The van der Waals surface area contributed by atoms with Gasteiger partial charge in [0, 0.05) is 6.54 Å². The summed E-state index contributed by atoms with van der Waals surface area (Å²) in [6, 6.07) is 6.40. The van der Waals surface area contributed by atoms with E-state index in [9.17, 15) is 9.18 Å². The first-order chi connectivity index (χ1) is 9.65. The lowest BCUT2D eigenvalue weighted by atomic mass is 10.1. The minimum atomic E-state index is -1.08. The Kier molecular flexibility index (Phi) is 4.78. The first kappa shape index (κ1) is 14.1. The number of carboxylic acid groups (broad SMARTS) is 1. The predicted octanol–water partition coefficient (Wildman–Crippen LogP) is 0.948. The summed E-state index contributed by atoms with van der Waals surface area (Å²) in [6.45, 7) is 1.96. The van der Waals surface area contributed by atoms with Gasteiger partial charge in [-0.2, -0.15) is 0 Å². The smallest absolute Gasteiger partial charge is 0.358 e. The minimum Gasteiger partial charge on any atom is -0.476 e. The van der Waals surface area contributed by atoms with Crippen molar-refractivity contribution < 1.29 is 14.3 Å². The molecule has 0 aliphatic rings. The molecule has 2 rings (SSSR count). The molecule has 6 nitrogen and oxygen atoms in total. The summed E-state index contributed by atoms with van der Waals surface area (Å²) in [5.74, 6) is -1.32. The Hall–Kier alpha value is -2.28. The number of benzene rings is 1. The Bertz CT molecular complexity index is 568. The van der Waals surface area contributed by atoms with Gasteiger partial charge in [-0.1, -0.05) is 17.3 Å². The van der Waals surface area contributed by atoms with Gasteiger partial charge in [0.15, 0.2) is 5.69 Å². The van der Waals surface area contributed by atoms with Crippen LogP contribution in [0.1, 0.15) is 16.1 Å². The summed E-state index contributed by atoms with van der Waals surface area (Å²) >= 11 is 0. The second-order valence-corrected chi connectivity index (χ2v) is 4.30. The van der Waals surface area contributed by atoms with E-state index >= 15 is 0 Å². The molecule has 0 saturated carbocycles. The van der Waals surface area contributed by atoms with Gasteiger partial charge in [-0.3, -0.25) is 4.68 Å². The average Bonchev–Trinajstić information content (AvgIpc) is 2.89. The van der Waals surface area contributed by atoms with E-state index in [0.29, 0.717) is 13.1 Å². The Labute approximate surface area is 115 Å². The van der Waals surface area contributed by atoms with Gasteiger partial charge in [0.25, 0.3) is 0 Å². The summed E-state index contributed by atoms with van der Waals surface area (Å²) < 4.78 is 14.2. The summed E-state index contributed by atoms with van der Waals surface area (Å²) in [5.41, 5.74) is 1.00. The van der Waals surface area contributed by atoms with Crippen LogP contribution in [0.5, 0.6) is 0 Å². The maximum absolute atomic E-state index is 12.7. The molecule has 0 radical (unpaired) electrons. The van der Waals surface area contributed by atoms with E-state index in [0.717, 1.165) is 18.5 Å². The van der Waals surface area contributed by atoms with Gasteiger partial charge in [-0.05, 0) is 30.7 Å². The average molecular weight is 278 g/mol. The number of nitrogens with one attached hydrogen (secondary N) is 1. The lowest BCUT2D eigenvalue weighted by molar-refractivity contribution is 0.0690. The molecule has 20 heavy (non-hydrogen) atoms. The van der Waals surface area contributed by atoms with Crippen LogP contribution in [0.15, 0.2) is 30.5 Å². The number of rotatable bonds is 7. The number of halogens is 1. The normalized spacial score (nSPS) is 10.7. The highest BCUT2D eigenvalue weighted by molar-refractivity contribution is 5.84. The van der Waals surface area contributed by atoms with Crippen molar-refractivity contribution in [1.82, 2.24) is 20.3 Å². The molecule has 1 heterocycles. The molecule has 0 aliphatic heterocycles. The number of carboxylic acids is 1. The van der Waals surface area contributed by atoms with Gasteiger partial charge >= 0.3 is 5.97 Å². The third kappa shape index (κ3) is 4.13. The van der Waals surface area contributed by atoms with Crippen LogP contribution >= 0.6 is 0 Å². The fourth-order valence-corrected chi connectivity index (χ4v) is 1.71. The van der Waals surface area contributed by atoms with Gasteiger partial charge < -0.3 is 10.4 Å². The van der Waals surface area contributed by atoms with Gasteiger partial charge in [-0.15, -0.1) is 5.10 Å². The summed E-state index contributed by atoms with van der Waals surface area (Å²) in [7, 11) is 0. The van der Waals surface area contributed by atoms with Crippen molar-refractivity contribution in [3.63, 3.8) is 0 Å². The molecule has 2 aromatic rings. The summed E-state index contributed by atoms with van der Waals surface area (Å²) in [5, 5.41) is 19.1. The van der Waals surface area contributed by atoms with Crippen LogP contribution in [-0.2, 0) is 13.0 Å². The lowest BCUT2D eigenvalue weighted by Gasteiger charge is -2.04. The SMILES string of the molecule is O=C(O)c1cn(CCNCCc2ccc(F)cc2)nn1. The minimum absolute atomic E-state index is 0.0590. The lowest BCUT2D eigenvalue weighted by Crippen LogP contribution is -2.22. The molecule has 0 spiro atoms. The van der Waals surface area contributed by atoms with Crippen molar-refractivity contribution in [2.75, 3.05) is 13.1 Å². The number of hydrogen-bond acceptors (Lipinski definition) is 4. The van der Waals surface area contributed by atoms with Crippen LogP contribution in [-0.4, -0.2) is 39.2 Å². The highest BCUT2D eigenvalue weighted by Gasteiger charge is 2.07. The van der Waals surface area contributed by atoms with Crippen molar-refractivity contribution in [2.24, 2.45) is 0 Å². The zero-order chi connectivity index (χ0) is 14.4. The van der Waals surface area contributed by atoms with Crippen molar-refractivity contribution in [3.05, 3.63) is 47.5 Å². The first-order valence-corrected chi connectivity index (χ1v) is 6.24. The Balaban J connectivity index is 1.66. The third-order valence-corrected chi connectivity index (χ3v) is 2.78. The van der Waals surface area contributed by atoms with Gasteiger partial charge in [0.05, 0.1) is 12.7 Å². The van der Waals surface area contributed by atoms with Gasteiger partial charge in [0.2, 0.25) is 0 Å². The number of aromatic nitrogens is 3. The molecule has 0 aliphatic carbocycles. The second-order valence-electron chi connectivity index (χ2n) is 4.30. The van der Waals surface area contributed by atoms with Crippen LogP contribution in [0.25, 0.3) is 0 Å². The molecule has 0 unspecified atom stereocenters. The van der Waals surface area contributed by atoms with E-state index in [1.165, 1.54) is 23.0 Å². The van der Waals surface area contributed by atoms with E-state index in [-0.39, 0.29) is 11.5 Å². The Morgan fingerprint density at radius 2 is 2.05 bits per heavy atom. The van der Waals surface area contributed by atoms with Crippen molar-refractivity contribution >= 4 is 5.97 Å². The monoisotopic (exact) mass is 278 g/mol. The fraction of sp³-hybridized carbons (Fsp3) is 0.308. The van der Waals surface area contributed by atoms with Crippen LogP contribution in [0.3, 0.4) is 0 Å². The molecule has 2 N–H and O–H groups in total. The number of aromatic carboxylic acids is 1. The van der Waals surface area contributed by atoms with E-state index in [2.05, 4.69) is 15.6 Å². The highest BCUT2D eigenvalue weighted by Crippen LogP contribution is 2.02. The second kappa shape index (κ2) is 6.76. The number of carbonyl (C=O) groups is 1. The maximum Gasteiger partial charge on any atom is 0.358 e. The van der Waals surface area contributed by atoms with Crippen LogP contribution in [0, 0.1) is 5.82 Å². The topological polar surface area (TPSA) is 80.0 Å². The van der Waals surface area contributed by atoms with E-state index in [1.54, 1.807) is 12.1 Å². The zero-order valence-corrected chi connectivity index (χ0v) is 10.8. The molecule has 106 valence electrons. The van der Waals surface area contributed by atoms with Gasteiger partial charge in [0.1, 0.15) is 5.82 Å². The summed E-state index contributed by atoms with van der Waals surface area (Å²) in [4.78, 5) is 10.6. The zero-order valence-electron chi connectivity index (χ0n) is 10.8. The van der Waals surface area contributed by atoms with E-state index in [4.69, 9.17) is 5.11 Å². The van der Waals surface area contributed by atoms with Gasteiger partial charge in [-0.25, -0.2) is 9.18 Å². The quantitative estimate of drug-likeness (QED) is 0.737. The molecule has 7 heteroatoms. The van der Waals surface area contributed by atoms with E-state index < -0.39 is 5.97 Å². The van der Waals surface area contributed by atoms with E-state index in [1.807, 2.05) is 0 Å². The molecule has 0 bridgehead atoms. The third-order valence-electron chi connectivity index (χ3n) is 2.78. The van der Waals surface area contributed by atoms with Crippen LogP contribution in [0.2, 0.25) is 0 Å². The maximum atomic E-state index is 12.7. The molecular weight excluding hydrogens is 263 g/mol.